The maximum Gasteiger partial charge on any atom is 0.294 e. The zero-order valence-electron chi connectivity index (χ0n) is 27.9. The molecule has 0 amide bonds. The normalized spacial score (nSPS) is 11.8. The van der Waals surface area contributed by atoms with Crippen LogP contribution in [-0.2, 0) is 33.3 Å². The second-order valence-electron chi connectivity index (χ2n) is 11.9. The van der Waals surface area contributed by atoms with Crippen molar-refractivity contribution in [1.29, 1.82) is 0 Å². The number of anilines is 4. The van der Waals surface area contributed by atoms with Gasteiger partial charge in [-0.05, 0) is 121 Å². The minimum atomic E-state index is -4.26. The van der Waals surface area contributed by atoms with Crippen LogP contribution in [0.1, 0.15) is 22.3 Å². The van der Waals surface area contributed by atoms with Gasteiger partial charge in [-0.3, -0.25) is 9.11 Å². The Morgan fingerprint density at radius 3 is 1.54 bits per heavy atom. The average Bonchev–Trinajstić information content (AvgIpc) is 3.07. The molecule has 0 aliphatic rings. The lowest BCUT2D eigenvalue weighted by Crippen LogP contribution is -2.18. The molecule has 0 saturated heterocycles. The van der Waals surface area contributed by atoms with E-state index < -0.39 is 20.2 Å². The van der Waals surface area contributed by atoms with Crippen molar-refractivity contribution in [1.82, 2.24) is 0 Å². The lowest BCUT2D eigenvalue weighted by atomic mass is 10.1. The molecule has 50 heavy (non-hydrogen) atoms. The van der Waals surface area contributed by atoms with Crippen molar-refractivity contribution in [2.75, 3.05) is 34.7 Å². The summed E-state index contributed by atoms with van der Waals surface area (Å²) in [7, 11) is -4.41. The Bertz CT molecular complexity index is 2210. The first kappa shape index (κ1) is 36.0. The van der Waals surface area contributed by atoms with Crippen LogP contribution in [0.3, 0.4) is 0 Å². The monoisotopic (exact) mass is 714 g/mol. The van der Waals surface area contributed by atoms with Gasteiger partial charge < -0.3 is 20.7 Å². The molecule has 0 unspecified atom stereocenters. The van der Waals surface area contributed by atoms with E-state index in [0.29, 0.717) is 23.6 Å². The first-order chi connectivity index (χ1) is 23.7. The molecule has 0 aliphatic heterocycles. The van der Waals surface area contributed by atoms with Crippen LogP contribution in [-0.4, -0.2) is 40.0 Å². The SMILES string of the molecule is Cc1cc(N(C)Cc2ccc(CN(C)c3ccc(NNc4ccc(S(=O)(=O)O)cc4)c(C)c3)cc2)ccc1N=Nc1ccc(S(=O)(=O)O)cc1. The van der Waals surface area contributed by atoms with Crippen LogP contribution >= 0.6 is 0 Å². The molecule has 14 heteroatoms. The zero-order chi connectivity index (χ0) is 36.1. The van der Waals surface area contributed by atoms with Crippen LogP contribution in [0.25, 0.3) is 0 Å². The molecule has 12 nitrogen and oxygen atoms in total. The van der Waals surface area contributed by atoms with Gasteiger partial charge in [0.1, 0.15) is 0 Å². The van der Waals surface area contributed by atoms with Crippen LogP contribution < -0.4 is 20.7 Å². The summed E-state index contributed by atoms with van der Waals surface area (Å²) in [5.74, 6) is 0. The van der Waals surface area contributed by atoms with Gasteiger partial charge in [-0.1, -0.05) is 24.3 Å². The number of nitrogens with zero attached hydrogens (tertiary/aromatic N) is 4. The number of rotatable bonds is 13. The molecule has 4 N–H and O–H groups in total. The molecule has 5 aromatic carbocycles. The van der Waals surface area contributed by atoms with E-state index in [1.165, 1.54) is 47.5 Å². The molecule has 0 heterocycles. The van der Waals surface area contributed by atoms with Crippen LogP contribution in [0.2, 0.25) is 0 Å². The third-order valence-corrected chi connectivity index (χ3v) is 9.77. The van der Waals surface area contributed by atoms with Crippen molar-refractivity contribution >= 4 is 54.4 Å². The Labute approximate surface area is 292 Å². The Balaban J connectivity index is 1.13. The number of benzene rings is 5. The van der Waals surface area contributed by atoms with E-state index in [1.54, 1.807) is 12.1 Å². The summed E-state index contributed by atoms with van der Waals surface area (Å²) >= 11 is 0. The maximum atomic E-state index is 11.3. The Morgan fingerprint density at radius 2 is 1.06 bits per heavy atom. The van der Waals surface area contributed by atoms with E-state index in [9.17, 15) is 16.8 Å². The lowest BCUT2D eigenvalue weighted by molar-refractivity contribution is 0.481. The molecule has 5 aromatic rings. The van der Waals surface area contributed by atoms with E-state index in [1.807, 2.05) is 58.3 Å². The summed E-state index contributed by atoms with van der Waals surface area (Å²) in [6.45, 7) is 5.39. The van der Waals surface area contributed by atoms with Crippen molar-refractivity contribution in [3.8, 4) is 0 Å². The number of aryl methyl sites for hydroxylation is 2. The highest BCUT2D eigenvalue weighted by atomic mass is 32.2. The first-order valence-electron chi connectivity index (χ1n) is 15.5. The zero-order valence-corrected chi connectivity index (χ0v) is 29.6. The molecule has 0 aliphatic carbocycles. The van der Waals surface area contributed by atoms with E-state index in [-0.39, 0.29) is 9.79 Å². The predicted octanol–water partition coefficient (Wildman–Crippen LogP) is 7.92. The molecule has 0 radical (unpaired) electrons. The molecule has 0 spiro atoms. The molecule has 5 rings (SSSR count). The Kier molecular flexibility index (Phi) is 10.9. The number of hydrogen-bond acceptors (Lipinski definition) is 10. The number of hydrogen-bond donors (Lipinski definition) is 4. The Morgan fingerprint density at radius 1 is 0.580 bits per heavy atom. The average molecular weight is 715 g/mol. The summed E-state index contributed by atoms with van der Waals surface area (Å²) in [4.78, 5) is 3.97. The van der Waals surface area contributed by atoms with E-state index >= 15 is 0 Å². The minimum Gasteiger partial charge on any atom is -0.370 e. The quantitative estimate of drug-likeness (QED) is 0.0535. The van der Waals surface area contributed by atoms with Crippen LogP contribution in [0.4, 0.5) is 34.1 Å². The first-order valence-corrected chi connectivity index (χ1v) is 18.3. The highest BCUT2D eigenvalue weighted by molar-refractivity contribution is 7.86. The largest absolute Gasteiger partial charge is 0.370 e. The molecular formula is C36H38N6O6S2. The third kappa shape index (κ3) is 9.45. The van der Waals surface area contributed by atoms with Gasteiger partial charge in [-0.15, -0.1) is 0 Å². The fraction of sp³-hybridized carbons (Fsp3) is 0.167. The second kappa shape index (κ2) is 15.1. The van der Waals surface area contributed by atoms with Crippen molar-refractivity contribution in [2.45, 2.75) is 36.7 Å². The number of hydrazine groups is 1. The van der Waals surface area contributed by atoms with Gasteiger partial charge in [0, 0.05) is 38.6 Å². The molecule has 260 valence electrons. The molecule has 0 aromatic heterocycles. The van der Waals surface area contributed by atoms with Crippen molar-refractivity contribution in [3.05, 3.63) is 131 Å². The van der Waals surface area contributed by atoms with Crippen LogP contribution in [0.5, 0.6) is 0 Å². The number of nitrogens with one attached hydrogen (secondary N) is 2. The number of azo groups is 1. The maximum absolute atomic E-state index is 11.3. The topological polar surface area (TPSA) is 164 Å². The molecule has 0 atom stereocenters. The highest BCUT2D eigenvalue weighted by Crippen LogP contribution is 2.28. The molecular weight excluding hydrogens is 677 g/mol. The molecule has 0 saturated carbocycles. The summed E-state index contributed by atoms with van der Waals surface area (Å²) in [5.41, 5.74) is 15.3. The van der Waals surface area contributed by atoms with Crippen LogP contribution in [0, 0.1) is 13.8 Å². The summed E-state index contributed by atoms with van der Waals surface area (Å²) in [5, 5.41) is 8.50. The summed E-state index contributed by atoms with van der Waals surface area (Å²) in [6, 6.07) is 31.9. The lowest BCUT2D eigenvalue weighted by Gasteiger charge is -2.22. The second-order valence-corrected chi connectivity index (χ2v) is 14.8. The van der Waals surface area contributed by atoms with Crippen LogP contribution in [0.15, 0.2) is 129 Å². The van der Waals surface area contributed by atoms with Gasteiger partial charge >= 0.3 is 0 Å². The van der Waals surface area contributed by atoms with Gasteiger partial charge in [0.25, 0.3) is 20.2 Å². The standard InChI is InChI=1S/C36H38N6O6S2/c1-25-21-31(13-19-35(25)39-37-29-9-15-33(16-10-29)49(43,44)45)41(3)23-27-5-7-28(8-6-27)24-42(4)32-14-20-36(26(2)22-32)40-38-30-11-17-34(18-12-30)50(46,47)48/h5-22,37,39H,23-24H2,1-4H3,(H,43,44,45)(H,46,47,48). The minimum absolute atomic E-state index is 0.165. The smallest absolute Gasteiger partial charge is 0.294 e. The van der Waals surface area contributed by atoms with Gasteiger partial charge in [0.2, 0.25) is 0 Å². The fourth-order valence-corrected chi connectivity index (χ4v) is 6.10. The highest BCUT2D eigenvalue weighted by Gasteiger charge is 2.11. The van der Waals surface area contributed by atoms with Gasteiger partial charge in [0.05, 0.1) is 32.5 Å². The Hall–Kier alpha value is -5.28. The third-order valence-electron chi connectivity index (χ3n) is 8.04. The van der Waals surface area contributed by atoms with Crippen molar-refractivity contribution < 1.29 is 25.9 Å². The van der Waals surface area contributed by atoms with Crippen molar-refractivity contribution in [3.63, 3.8) is 0 Å². The van der Waals surface area contributed by atoms with Gasteiger partial charge in [-0.25, -0.2) is 0 Å². The van der Waals surface area contributed by atoms with Gasteiger partial charge in [0.15, 0.2) is 0 Å². The predicted molar refractivity (Wildman–Crippen MR) is 197 cm³/mol. The molecule has 0 fully saturated rings. The van der Waals surface area contributed by atoms with E-state index in [0.717, 1.165) is 34.7 Å². The molecule has 0 bridgehead atoms. The van der Waals surface area contributed by atoms with E-state index in [4.69, 9.17) is 9.11 Å². The van der Waals surface area contributed by atoms with E-state index in [2.05, 4.69) is 61.2 Å². The summed E-state index contributed by atoms with van der Waals surface area (Å²) in [6.07, 6.45) is 0. The van der Waals surface area contributed by atoms with Gasteiger partial charge in [-0.2, -0.15) is 27.1 Å². The fourth-order valence-electron chi connectivity index (χ4n) is 5.14. The summed E-state index contributed by atoms with van der Waals surface area (Å²) < 4.78 is 63.3. The van der Waals surface area contributed by atoms with Crippen molar-refractivity contribution in [2.24, 2.45) is 10.2 Å².